The van der Waals surface area contributed by atoms with Gasteiger partial charge in [0.2, 0.25) is 0 Å². The molecule has 0 aliphatic heterocycles. The van der Waals surface area contributed by atoms with E-state index >= 15 is 0 Å². The van der Waals surface area contributed by atoms with Crippen LogP contribution < -0.4 is 5.32 Å². The number of aliphatic hydroxyl groups excluding tert-OH is 1. The van der Waals surface area contributed by atoms with E-state index in [0.717, 1.165) is 13.0 Å². The molecule has 2 unspecified atom stereocenters. The van der Waals surface area contributed by atoms with E-state index in [9.17, 15) is 9.32 Å². The lowest BCUT2D eigenvalue weighted by molar-refractivity contribution is 0.193. The normalized spacial score (nSPS) is 15.7. The third kappa shape index (κ3) is 10.6. The van der Waals surface area contributed by atoms with Gasteiger partial charge < -0.3 is 10.4 Å². The van der Waals surface area contributed by atoms with E-state index in [1.165, 1.54) is 0 Å². The smallest absolute Gasteiger partial charge is 0.0779 e. The molecule has 0 spiro atoms. The standard InChI is InChI=1S/C12H27NO2S/c1-10(2)5-6-16(15)9-12(14)8-13-7-11(3)4/h10-14H,5-9H2,1-4H3. The molecule has 0 aromatic rings. The lowest BCUT2D eigenvalue weighted by Gasteiger charge is -2.13. The molecular weight excluding hydrogens is 222 g/mol. The summed E-state index contributed by atoms with van der Waals surface area (Å²) in [4.78, 5) is 0. The van der Waals surface area contributed by atoms with Gasteiger partial charge in [0.05, 0.1) is 11.9 Å². The summed E-state index contributed by atoms with van der Waals surface area (Å²) in [6.07, 6.45) is 0.491. The van der Waals surface area contributed by atoms with Crippen LogP contribution in [0.4, 0.5) is 0 Å². The Morgan fingerprint density at radius 3 is 2.25 bits per heavy atom. The molecule has 0 bridgehead atoms. The third-order valence-electron chi connectivity index (χ3n) is 2.23. The molecule has 0 aromatic carbocycles. The summed E-state index contributed by atoms with van der Waals surface area (Å²) < 4.78 is 11.6. The Kier molecular flexibility index (Phi) is 9.18. The number of rotatable bonds is 9. The molecule has 16 heavy (non-hydrogen) atoms. The predicted octanol–water partition coefficient (Wildman–Crippen LogP) is 1.39. The molecule has 2 atom stereocenters. The number of hydrogen-bond acceptors (Lipinski definition) is 3. The van der Waals surface area contributed by atoms with Gasteiger partial charge in [0, 0.05) is 23.1 Å². The maximum Gasteiger partial charge on any atom is 0.0779 e. The van der Waals surface area contributed by atoms with Crippen LogP contribution in [-0.2, 0) is 10.8 Å². The van der Waals surface area contributed by atoms with E-state index in [0.29, 0.717) is 29.9 Å². The Hall–Kier alpha value is 0.0700. The van der Waals surface area contributed by atoms with Crippen LogP contribution >= 0.6 is 0 Å². The topological polar surface area (TPSA) is 49.3 Å². The first-order chi connectivity index (χ1) is 7.41. The average molecular weight is 249 g/mol. The van der Waals surface area contributed by atoms with Crippen molar-refractivity contribution in [3.05, 3.63) is 0 Å². The van der Waals surface area contributed by atoms with Crippen LogP contribution in [0.15, 0.2) is 0 Å². The first kappa shape index (κ1) is 16.1. The van der Waals surface area contributed by atoms with Gasteiger partial charge in [-0.05, 0) is 24.8 Å². The van der Waals surface area contributed by atoms with Gasteiger partial charge in [0.25, 0.3) is 0 Å². The highest BCUT2D eigenvalue weighted by molar-refractivity contribution is 7.85. The van der Waals surface area contributed by atoms with Crippen molar-refractivity contribution in [1.29, 1.82) is 0 Å². The van der Waals surface area contributed by atoms with Crippen molar-refractivity contribution in [2.45, 2.75) is 40.2 Å². The molecule has 0 saturated carbocycles. The van der Waals surface area contributed by atoms with Crippen molar-refractivity contribution in [3.8, 4) is 0 Å². The molecule has 0 fully saturated rings. The summed E-state index contributed by atoms with van der Waals surface area (Å²) in [7, 11) is -0.875. The fourth-order valence-electron chi connectivity index (χ4n) is 1.26. The minimum absolute atomic E-state index is 0.401. The molecule has 0 radical (unpaired) electrons. The Morgan fingerprint density at radius 1 is 1.12 bits per heavy atom. The molecule has 4 heteroatoms. The summed E-state index contributed by atoms with van der Waals surface area (Å²) in [5.74, 6) is 2.27. The summed E-state index contributed by atoms with van der Waals surface area (Å²) >= 11 is 0. The van der Waals surface area contributed by atoms with Crippen LogP contribution in [-0.4, -0.2) is 40.0 Å². The lowest BCUT2D eigenvalue weighted by Crippen LogP contribution is -2.33. The van der Waals surface area contributed by atoms with Gasteiger partial charge in [-0.15, -0.1) is 0 Å². The maximum absolute atomic E-state index is 11.6. The SMILES string of the molecule is CC(C)CCS(=O)CC(O)CNCC(C)C. The largest absolute Gasteiger partial charge is 0.391 e. The second-order valence-corrected chi connectivity index (χ2v) is 6.82. The van der Waals surface area contributed by atoms with Crippen molar-refractivity contribution in [3.63, 3.8) is 0 Å². The van der Waals surface area contributed by atoms with Gasteiger partial charge in [-0.2, -0.15) is 0 Å². The molecular formula is C12H27NO2S. The third-order valence-corrected chi connectivity index (χ3v) is 3.68. The summed E-state index contributed by atoms with van der Waals surface area (Å²) in [6.45, 7) is 9.94. The highest BCUT2D eigenvalue weighted by Crippen LogP contribution is 2.01. The maximum atomic E-state index is 11.6. The van der Waals surface area contributed by atoms with Crippen LogP contribution in [0.3, 0.4) is 0 Å². The van der Waals surface area contributed by atoms with Crippen LogP contribution in [0.5, 0.6) is 0 Å². The first-order valence-corrected chi connectivity index (χ1v) is 7.64. The van der Waals surface area contributed by atoms with E-state index in [-0.39, 0.29) is 0 Å². The minimum Gasteiger partial charge on any atom is -0.391 e. The molecule has 0 saturated heterocycles. The molecule has 2 N–H and O–H groups in total. The van der Waals surface area contributed by atoms with Gasteiger partial charge in [0.15, 0.2) is 0 Å². The van der Waals surface area contributed by atoms with E-state index in [4.69, 9.17) is 0 Å². The van der Waals surface area contributed by atoms with Gasteiger partial charge in [-0.25, -0.2) is 0 Å². The van der Waals surface area contributed by atoms with Crippen molar-refractivity contribution in [1.82, 2.24) is 5.32 Å². The second-order valence-electron chi connectivity index (χ2n) is 5.20. The van der Waals surface area contributed by atoms with Crippen LogP contribution in [0.1, 0.15) is 34.1 Å². The highest BCUT2D eigenvalue weighted by atomic mass is 32.2. The quantitative estimate of drug-likeness (QED) is 0.649. The van der Waals surface area contributed by atoms with Crippen LogP contribution in [0.2, 0.25) is 0 Å². The highest BCUT2D eigenvalue weighted by Gasteiger charge is 2.09. The summed E-state index contributed by atoms with van der Waals surface area (Å²) in [5, 5.41) is 12.8. The number of aliphatic hydroxyl groups is 1. The Morgan fingerprint density at radius 2 is 1.75 bits per heavy atom. The number of nitrogens with one attached hydrogen (secondary N) is 1. The number of hydrogen-bond donors (Lipinski definition) is 2. The zero-order valence-corrected chi connectivity index (χ0v) is 11.8. The molecule has 0 aliphatic carbocycles. The fraction of sp³-hybridized carbons (Fsp3) is 1.00. The van der Waals surface area contributed by atoms with E-state index in [1.807, 2.05) is 0 Å². The second kappa shape index (κ2) is 9.14. The molecule has 98 valence electrons. The van der Waals surface area contributed by atoms with Crippen molar-refractivity contribution >= 4 is 10.8 Å². The summed E-state index contributed by atoms with van der Waals surface area (Å²) in [6, 6.07) is 0. The first-order valence-electron chi connectivity index (χ1n) is 6.15. The Bertz CT molecular complexity index is 195. The monoisotopic (exact) mass is 249 g/mol. The predicted molar refractivity (Wildman–Crippen MR) is 71.0 cm³/mol. The molecule has 3 nitrogen and oxygen atoms in total. The molecule has 0 rings (SSSR count). The molecule has 0 aliphatic rings. The molecule has 0 heterocycles. The lowest BCUT2D eigenvalue weighted by atomic mass is 10.2. The Labute approximate surface area is 102 Å². The van der Waals surface area contributed by atoms with Gasteiger partial charge >= 0.3 is 0 Å². The fourth-order valence-corrected chi connectivity index (χ4v) is 2.71. The zero-order valence-electron chi connectivity index (χ0n) is 11.0. The van der Waals surface area contributed by atoms with E-state index < -0.39 is 16.9 Å². The van der Waals surface area contributed by atoms with Gasteiger partial charge in [0.1, 0.15) is 0 Å². The Balaban J connectivity index is 3.54. The van der Waals surface area contributed by atoms with Crippen molar-refractivity contribution in [2.24, 2.45) is 11.8 Å². The summed E-state index contributed by atoms with van der Waals surface area (Å²) in [5.41, 5.74) is 0. The van der Waals surface area contributed by atoms with Gasteiger partial charge in [-0.1, -0.05) is 27.7 Å². The zero-order chi connectivity index (χ0) is 12.6. The van der Waals surface area contributed by atoms with Crippen molar-refractivity contribution in [2.75, 3.05) is 24.6 Å². The van der Waals surface area contributed by atoms with Crippen molar-refractivity contribution < 1.29 is 9.32 Å². The molecule has 0 aromatic heterocycles. The minimum atomic E-state index is -0.875. The van der Waals surface area contributed by atoms with Crippen LogP contribution in [0.25, 0.3) is 0 Å². The van der Waals surface area contributed by atoms with Crippen LogP contribution in [0, 0.1) is 11.8 Å². The van der Waals surface area contributed by atoms with E-state index in [1.54, 1.807) is 0 Å². The molecule has 0 amide bonds. The van der Waals surface area contributed by atoms with E-state index in [2.05, 4.69) is 33.0 Å². The average Bonchev–Trinajstić information content (AvgIpc) is 2.14. The van der Waals surface area contributed by atoms with Gasteiger partial charge in [-0.3, -0.25) is 4.21 Å².